The van der Waals surface area contributed by atoms with E-state index in [9.17, 15) is 4.79 Å². The molecule has 0 fully saturated rings. The molecule has 0 aromatic heterocycles. The first-order valence-electron chi connectivity index (χ1n) is 7.84. The lowest BCUT2D eigenvalue weighted by atomic mass is 10.2. The highest BCUT2D eigenvalue weighted by Crippen LogP contribution is 2.44. The maximum atomic E-state index is 11.7. The van der Waals surface area contributed by atoms with Crippen LogP contribution in [0.4, 0.5) is 11.4 Å². The molecule has 1 amide bonds. The standard InChI is InChI=1S/C18H17N3O2S/c1-12-10-18(22)21(20-12)8-9-23-13-6-7-17-15(11-13)19-14-4-2-3-5-16(14)24-17/h2-7,11,19H,8-10H2,1H3. The summed E-state index contributed by atoms with van der Waals surface area (Å²) in [6, 6.07) is 14.3. The summed E-state index contributed by atoms with van der Waals surface area (Å²) < 4.78 is 5.79. The van der Waals surface area contributed by atoms with Gasteiger partial charge in [0.1, 0.15) is 12.4 Å². The summed E-state index contributed by atoms with van der Waals surface area (Å²) in [4.78, 5) is 14.1. The van der Waals surface area contributed by atoms with Gasteiger partial charge in [-0.1, -0.05) is 23.9 Å². The van der Waals surface area contributed by atoms with Crippen molar-refractivity contribution in [2.75, 3.05) is 18.5 Å². The van der Waals surface area contributed by atoms with Crippen LogP contribution in [-0.2, 0) is 4.79 Å². The number of rotatable bonds is 4. The Morgan fingerprint density at radius 3 is 2.88 bits per heavy atom. The molecule has 24 heavy (non-hydrogen) atoms. The van der Waals surface area contributed by atoms with Crippen LogP contribution < -0.4 is 10.1 Å². The lowest BCUT2D eigenvalue weighted by Crippen LogP contribution is -2.26. The van der Waals surface area contributed by atoms with Crippen LogP contribution in [0, 0.1) is 0 Å². The number of hydrogen-bond donors (Lipinski definition) is 1. The molecule has 0 atom stereocenters. The molecule has 0 unspecified atom stereocenters. The van der Waals surface area contributed by atoms with Crippen molar-refractivity contribution in [3.05, 3.63) is 42.5 Å². The van der Waals surface area contributed by atoms with Crippen molar-refractivity contribution in [1.82, 2.24) is 5.01 Å². The van der Waals surface area contributed by atoms with Crippen LogP contribution in [0.5, 0.6) is 5.75 Å². The minimum atomic E-state index is 0.0382. The Balaban J connectivity index is 1.41. The first kappa shape index (κ1) is 15.1. The fourth-order valence-electron chi connectivity index (χ4n) is 2.74. The average Bonchev–Trinajstić information content (AvgIpc) is 2.90. The van der Waals surface area contributed by atoms with Gasteiger partial charge in [0.2, 0.25) is 5.91 Å². The summed E-state index contributed by atoms with van der Waals surface area (Å²) >= 11 is 1.75. The molecule has 2 aromatic rings. The summed E-state index contributed by atoms with van der Waals surface area (Å²) in [7, 11) is 0. The third kappa shape index (κ3) is 2.97. The van der Waals surface area contributed by atoms with Crippen LogP contribution in [0.3, 0.4) is 0 Å². The largest absolute Gasteiger partial charge is 0.492 e. The van der Waals surface area contributed by atoms with E-state index in [1.165, 1.54) is 14.8 Å². The molecule has 0 spiro atoms. The molecule has 0 aliphatic carbocycles. The van der Waals surface area contributed by atoms with Crippen molar-refractivity contribution in [1.29, 1.82) is 0 Å². The zero-order valence-corrected chi connectivity index (χ0v) is 14.1. The number of ether oxygens (including phenoxy) is 1. The fraction of sp³-hybridized carbons (Fsp3) is 0.222. The predicted octanol–water partition coefficient (Wildman–Crippen LogP) is 3.88. The van der Waals surface area contributed by atoms with Gasteiger partial charge in [-0.05, 0) is 31.2 Å². The number of carbonyl (C=O) groups is 1. The minimum Gasteiger partial charge on any atom is -0.492 e. The molecule has 2 aromatic carbocycles. The number of benzene rings is 2. The number of nitrogens with one attached hydrogen (secondary N) is 1. The van der Waals surface area contributed by atoms with Crippen LogP contribution >= 0.6 is 11.8 Å². The van der Waals surface area contributed by atoms with Gasteiger partial charge in [0, 0.05) is 21.6 Å². The molecule has 122 valence electrons. The number of para-hydroxylation sites is 1. The normalized spacial score (nSPS) is 15.5. The number of anilines is 2. The number of amides is 1. The van der Waals surface area contributed by atoms with Crippen molar-refractivity contribution in [2.45, 2.75) is 23.1 Å². The highest BCUT2D eigenvalue weighted by Gasteiger charge is 2.21. The number of carbonyl (C=O) groups excluding carboxylic acids is 1. The van der Waals surface area contributed by atoms with E-state index in [4.69, 9.17) is 4.74 Å². The topological polar surface area (TPSA) is 53.9 Å². The summed E-state index contributed by atoms with van der Waals surface area (Å²) in [6.45, 7) is 2.76. The van der Waals surface area contributed by atoms with Crippen LogP contribution in [0.2, 0.25) is 0 Å². The molecule has 2 aliphatic heterocycles. The van der Waals surface area contributed by atoms with Gasteiger partial charge in [0.25, 0.3) is 0 Å². The van der Waals surface area contributed by atoms with E-state index in [1.807, 2.05) is 31.2 Å². The van der Waals surface area contributed by atoms with E-state index in [-0.39, 0.29) is 5.91 Å². The monoisotopic (exact) mass is 339 g/mol. The SMILES string of the molecule is CC1=NN(CCOc2ccc3c(c2)Nc2ccccc2S3)C(=O)C1. The smallest absolute Gasteiger partial charge is 0.248 e. The first-order chi connectivity index (χ1) is 11.7. The third-order valence-corrected chi connectivity index (χ3v) is 5.04. The molecule has 6 heteroatoms. The van der Waals surface area contributed by atoms with Crippen molar-refractivity contribution in [3.8, 4) is 5.75 Å². The maximum absolute atomic E-state index is 11.7. The van der Waals surface area contributed by atoms with E-state index < -0.39 is 0 Å². The van der Waals surface area contributed by atoms with Gasteiger partial charge < -0.3 is 10.1 Å². The zero-order valence-electron chi connectivity index (χ0n) is 13.3. The van der Waals surface area contributed by atoms with Crippen LogP contribution in [-0.4, -0.2) is 29.8 Å². The summed E-state index contributed by atoms with van der Waals surface area (Å²) in [5, 5.41) is 9.12. The van der Waals surface area contributed by atoms with E-state index in [0.29, 0.717) is 19.6 Å². The fourth-order valence-corrected chi connectivity index (χ4v) is 3.71. The summed E-state index contributed by atoms with van der Waals surface area (Å²) in [5.74, 6) is 0.824. The van der Waals surface area contributed by atoms with Crippen molar-refractivity contribution in [3.63, 3.8) is 0 Å². The van der Waals surface area contributed by atoms with Crippen molar-refractivity contribution in [2.24, 2.45) is 5.10 Å². The lowest BCUT2D eigenvalue weighted by molar-refractivity contribution is -0.129. The molecule has 0 radical (unpaired) electrons. The Morgan fingerprint density at radius 2 is 2.04 bits per heavy atom. The van der Waals surface area contributed by atoms with E-state index in [1.54, 1.807) is 11.8 Å². The summed E-state index contributed by atoms with van der Waals surface area (Å²) in [5.41, 5.74) is 3.01. The second-order valence-electron chi connectivity index (χ2n) is 5.76. The Hall–Kier alpha value is -2.47. The van der Waals surface area contributed by atoms with E-state index in [2.05, 4.69) is 28.6 Å². The molecule has 2 aliphatic rings. The number of hydrogen-bond acceptors (Lipinski definition) is 5. The van der Waals surface area contributed by atoms with Gasteiger partial charge in [-0.2, -0.15) is 5.10 Å². The molecule has 1 N–H and O–H groups in total. The quantitative estimate of drug-likeness (QED) is 0.784. The van der Waals surface area contributed by atoms with Crippen LogP contribution in [0.1, 0.15) is 13.3 Å². The molecular formula is C18H17N3O2S. The highest BCUT2D eigenvalue weighted by molar-refractivity contribution is 7.99. The van der Waals surface area contributed by atoms with Crippen molar-refractivity contribution < 1.29 is 9.53 Å². The van der Waals surface area contributed by atoms with Gasteiger partial charge in [0.05, 0.1) is 24.3 Å². The molecule has 0 saturated heterocycles. The second-order valence-corrected chi connectivity index (χ2v) is 6.84. The second kappa shape index (κ2) is 6.20. The average molecular weight is 339 g/mol. The third-order valence-electron chi connectivity index (χ3n) is 3.89. The Morgan fingerprint density at radius 1 is 1.21 bits per heavy atom. The van der Waals surface area contributed by atoms with Gasteiger partial charge >= 0.3 is 0 Å². The van der Waals surface area contributed by atoms with Crippen molar-refractivity contribution >= 4 is 34.8 Å². The molecule has 0 bridgehead atoms. The molecule has 2 heterocycles. The van der Waals surface area contributed by atoms with Crippen LogP contribution in [0.15, 0.2) is 57.4 Å². The lowest BCUT2D eigenvalue weighted by Gasteiger charge is -2.21. The van der Waals surface area contributed by atoms with E-state index in [0.717, 1.165) is 22.8 Å². The number of hydrazone groups is 1. The molecular weight excluding hydrogens is 322 g/mol. The minimum absolute atomic E-state index is 0.0382. The molecule has 5 nitrogen and oxygen atoms in total. The predicted molar refractivity (Wildman–Crippen MR) is 95.2 cm³/mol. The highest BCUT2D eigenvalue weighted by atomic mass is 32.2. The van der Waals surface area contributed by atoms with E-state index >= 15 is 0 Å². The van der Waals surface area contributed by atoms with Gasteiger partial charge in [-0.25, -0.2) is 5.01 Å². The maximum Gasteiger partial charge on any atom is 0.248 e. The Bertz CT molecular complexity index is 835. The number of nitrogens with zero attached hydrogens (tertiary/aromatic N) is 2. The Labute approximate surface area is 144 Å². The summed E-state index contributed by atoms with van der Waals surface area (Å²) in [6.07, 6.45) is 0.416. The Kier molecular flexibility index (Phi) is 3.90. The van der Waals surface area contributed by atoms with Gasteiger partial charge in [-0.3, -0.25) is 4.79 Å². The molecule has 4 rings (SSSR count). The van der Waals surface area contributed by atoms with Crippen LogP contribution in [0.25, 0.3) is 0 Å². The first-order valence-corrected chi connectivity index (χ1v) is 8.66. The van der Waals surface area contributed by atoms with Gasteiger partial charge in [-0.15, -0.1) is 0 Å². The molecule has 0 saturated carbocycles. The number of fused-ring (bicyclic) bond motifs is 2. The van der Waals surface area contributed by atoms with Gasteiger partial charge in [0.15, 0.2) is 0 Å². The zero-order chi connectivity index (χ0) is 16.5.